The van der Waals surface area contributed by atoms with Crippen LogP contribution in [0, 0.1) is 0 Å². The molecular formula is C12H10ClNO5S2. The molecule has 0 aliphatic heterocycles. The van der Waals surface area contributed by atoms with Crippen molar-refractivity contribution >= 4 is 44.6 Å². The molecule has 0 amide bonds. The number of nitrogens with one attached hydrogen (secondary N) is 1. The average Bonchev–Trinajstić information content (AvgIpc) is 2.86. The first kappa shape index (κ1) is 15.6. The summed E-state index contributed by atoms with van der Waals surface area (Å²) in [6.07, 6.45) is 0. The molecule has 1 aromatic carbocycles. The Labute approximate surface area is 130 Å². The number of benzene rings is 1. The van der Waals surface area contributed by atoms with Gasteiger partial charge in [-0.1, -0.05) is 11.6 Å². The molecule has 0 spiro atoms. The summed E-state index contributed by atoms with van der Waals surface area (Å²) in [5.41, 5.74) is 0.0134. The highest BCUT2D eigenvalue weighted by atomic mass is 35.5. The second-order valence-corrected chi connectivity index (χ2v) is 6.88. The number of carbonyl (C=O) groups is 1. The van der Waals surface area contributed by atoms with Crippen molar-refractivity contribution in [3.63, 3.8) is 0 Å². The highest BCUT2D eigenvalue weighted by Crippen LogP contribution is 2.29. The summed E-state index contributed by atoms with van der Waals surface area (Å²) in [6.45, 7) is 0. The van der Waals surface area contributed by atoms with E-state index < -0.39 is 16.0 Å². The Morgan fingerprint density at radius 3 is 2.67 bits per heavy atom. The Hall–Kier alpha value is -1.77. The first-order valence-electron chi connectivity index (χ1n) is 5.52. The van der Waals surface area contributed by atoms with Crippen LogP contribution in [0.1, 0.15) is 9.67 Å². The molecule has 6 nitrogen and oxygen atoms in total. The number of rotatable bonds is 5. The molecule has 2 aromatic rings. The summed E-state index contributed by atoms with van der Waals surface area (Å²) in [5, 5.41) is 10.6. The van der Waals surface area contributed by atoms with Crippen LogP contribution >= 0.6 is 22.9 Å². The average molecular weight is 348 g/mol. The molecule has 0 fully saturated rings. The Kier molecular flexibility index (Phi) is 4.40. The Morgan fingerprint density at radius 2 is 2.10 bits per heavy atom. The van der Waals surface area contributed by atoms with Crippen molar-refractivity contribution in [1.29, 1.82) is 0 Å². The molecule has 2 N–H and O–H groups in total. The summed E-state index contributed by atoms with van der Waals surface area (Å²) in [4.78, 5) is 10.8. The van der Waals surface area contributed by atoms with E-state index in [4.69, 9.17) is 21.4 Å². The lowest BCUT2D eigenvalue weighted by Gasteiger charge is -2.09. The molecule has 0 atom stereocenters. The fourth-order valence-electron chi connectivity index (χ4n) is 1.57. The smallest absolute Gasteiger partial charge is 0.348 e. The van der Waals surface area contributed by atoms with Crippen molar-refractivity contribution in [2.75, 3.05) is 11.8 Å². The topological polar surface area (TPSA) is 92.7 Å². The number of sulfonamides is 1. The molecule has 21 heavy (non-hydrogen) atoms. The van der Waals surface area contributed by atoms with Gasteiger partial charge < -0.3 is 9.84 Å². The van der Waals surface area contributed by atoms with Crippen LogP contribution in [0.2, 0.25) is 5.02 Å². The minimum absolute atomic E-state index is 0.0134. The van der Waals surface area contributed by atoms with Gasteiger partial charge in [-0.25, -0.2) is 13.2 Å². The van der Waals surface area contributed by atoms with E-state index in [2.05, 4.69) is 4.72 Å². The molecule has 0 radical (unpaired) electrons. The van der Waals surface area contributed by atoms with Gasteiger partial charge in [-0.15, -0.1) is 11.3 Å². The van der Waals surface area contributed by atoms with E-state index in [1.807, 2.05) is 0 Å². The van der Waals surface area contributed by atoms with E-state index in [0.29, 0.717) is 5.75 Å². The summed E-state index contributed by atoms with van der Waals surface area (Å²) in [6, 6.07) is 5.36. The van der Waals surface area contributed by atoms with Crippen LogP contribution in [0.3, 0.4) is 0 Å². The van der Waals surface area contributed by atoms with Crippen molar-refractivity contribution in [1.82, 2.24) is 0 Å². The molecule has 0 aliphatic rings. The zero-order chi connectivity index (χ0) is 15.6. The number of carboxylic acid groups (broad SMARTS) is 1. The number of thiophene rings is 1. The monoisotopic (exact) mass is 347 g/mol. The van der Waals surface area contributed by atoms with Crippen LogP contribution in [0.15, 0.2) is 34.5 Å². The van der Waals surface area contributed by atoms with Crippen LogP contribution in [0.5, 0.6) is 5.75 Å². The second kappa shape index (κ2) is 5.92. The lowest BCUT2D eigenvalue weighted by molar-refractivity contribution is 0.0703. The highest BCUT2D eigenvalue weighted by Gasteiger charge is 2.20. The molecule has 1 aromatic heterocycles. The number of carboxylic acids is 1. The van der Waals surface area contributed by atoms with Gasteiger partial charge in [0.05, 0.1) is 22.7 Å². The van der Waals surface area contributed by atoms with E-state index in [1.165, 1.54) is 36.8 Å². The molecule has 9 heteroatoms. The molecule has 0 saturated heterocycles. The Morgan fingerprint density at radius 1 is 1.38 bits per heavy atom. The molecule has 0 unspecified atom stereocenters. The van der Waals surface area contributed by atoms with Crippen molar-refractivity contribution in [3.05, 3.63) is 39.5 Å². The van der Waals surface area contributed by atoms with Crippen LogP contribution in [0.25, 0.3) is 0 Å². The standard InChI is InChI=1S/C12H10ClNO5S2/c1-19-10-3-2-7(6-8(10)13)21(17,18)14-9-4-5-20-11(9)12(15)16/h2-6,14H,1H3,(H,15,16). The summed E-state index contributed by atoms with van der Waals surface area (Å²) >= 11 is 6.82. The normalized spacial score (nSPS) is 11.1. The third-order valence-electron chi connectivity index (χ3n) is 2.54. The minimum Gasteiger partial charge on any atom is -0.495 e. The van der Waals surface area contributed by atoms with Crippen molar-refractivity contribution in [2.45, 2.75) is 4.90 Å². The van der Waals surface area contributed by atoms with Gasteiger partial charge in [0, 0.05) is 0 Å². The zero-order valence-corrected chi connectivity index (χ0v) is 13.1. The molecule has 0 aliphatic carbocycles. The molecule has 1 heterocycles. The van der Waals surface area contributed by atoms with Crippen LogP contribution in [0.4, 0.5) is 5.69 Å². The largest absolute Gasteiger partial charge is 0.495 e. The van der Waals surface area contributed by atoms with Gasteiger partial charge in [0.25, 0.3) is 10.0 Å². The van der Waals surface area contributed by atoms with Crippen molar-refractivity contribution in [2.24, 2.45) is 0 Å². The Bertz CT molecular complexity index is 785. The Balaban J connectivity index is 2.36. The predicted molar refractivity (Wildman–Crippen MR) is 80.1 cm³/mol. The predicted octanol–water partition coefficient (Wildman–Crippen LogP) is 2.91. The summed E-state index contributed by atoms with van der Waals surface area (Å²) < 4.78 is 31.6. The van der Waals surface area contributed by atoms with E-state index in [0.717, 1.165) is 11.3 Å². The van der Waals surface area contributed by atoms with Crippen LogP contribution < -0.4 is 9.46 Å². The fraction of sp³-hybridized carbons (Fsp3) is 0.0833. The van der Waals surface area contributed by atoms with Gasteiger partial charge in [-0.05, 0) is 29.6 Å². The van der Waals surface area contributed by atoms with Crippen molar-refractivity contribution in [3.8, 4) is 5.75 Å². The fourth-order valence-corrected chi connectivity index (χ4v) is 3.74. The van der Waals surface area contributed by atoms with Gasteiger partial charge in [0.2, 0.25) is 0 Å². The highest BCUT2D eigenvalue weighted by molar-refractivity contribution is 7.92. The molecule has 112 valence electrons. The summed E-state index contributed by atoms with van der Waals surface area (Å²) in [7, 11) is -2.52. The molecule has 0 bridgehead atoms. The van der Waals surface area contributed by atoms with Gasteiger partial charge in [0.1, 0.15) is 10.6 Å². The third-order valence-corrected chi connectivity index (χ3v) is 5.10. The van der Waals surface area contributed by atoms with E-state index in [1.54, 1.807) is 0 Å². The van der Waals surface area contributed by atoms with Gasteiger partial charge in [0.15, 0.2) is 0 Å². The first-order chi connectivity index (χ1) is 9.85. The molecule has 2 rings (SSSR count). The lowest BCUT2D eigenvalue weighted by Crippen LogP contribution is -2.14. The van der Waals surface area contributed by atoms with E-state index in [9.17, 15) is 13.2 Å². The zero-order valence-electron chi connectivity index (χ0n) is 10.7. The third kappa shape index (κ3) is 3.29. The number of halogens is 1. The number of ether oxygens (including phenoxy) is 1. The first-order valence-corrected chi connectivity index (χ1v) is 8.26. The van der Waals surface area contributed by atoms with Crippen molar-refractivity contribution < 1.29 is 23.1 Å². The lowest BCUT2D eigenvalue weighted by atomic mass is 10.3. The van der Waals surface area contributed by atoms with E-state index >= 15 is 0 Å². The number of aromatic carboxylic acids is 1. The number of hydrogen-bond donors (Lipinski definition) is 2. The number of anilines is 1. The molecule has 0 saturated carbocycles. The van der Waals surface area contributed by atoms with Crippen LogP contribution in [-0.4, -0.2) is 26.6 Å². The number of hydrogen-bond acceptors (Lipinski definition) is 5. The maximum absolute atomic E-state index is 12.2. The minimum atomic E-state index is -3.93. The molecular weight excluding hydrogens is 338 g/mol. The van der Waals surface area contributed by atoms with Crippen LogP contribution in [-0.2, 0) is 10.0 Å². The maximum Gasteiger partial charge on any atom is 0.348 e. The van der Waals surface area contributed by atoms with Gasteiger partial charge in [-0.2, -0.15) is 0 Å². The maximum atomic E-state index is 12.2. The number of methoxy groups -OCH3 is 1. The van der Waals surface area contributed by atoms with Gasteiger partial charge in [-0.3, -0.25) is 4.72 Å². The second-order valence-electron chi connectivity index (χ2n) is 3.87. The van der Waals surface area contributed by atoms with E-state index in [-0.39, 0.29) is 20.5 Å². The summed E-state index contributed by atoms with van der Waals surface area (Å²) in [5.74, 6) is -0.854. The quantitative estimate of drug-likeness (QED) is 0.867. The SMILES string of the molecule is COc1ccc(S(=O)(=O)Nc2ccsc2C(=O)O)cc1Cl. The van der Waals surface area contributed by atoms with Gasteiger partial charge >= 0.3 is 5.97 Å².